The third kappa shape index (κ3) is 1.72. The highest BCUT2D eigenvalue weighted by atomic mass is 19.4. The predicted octanol–water partition coefficient (Wildman–Crippen LogP) is 2.84. The average Bonchev–Trinajstić information content (AvgIpc) is 2.15. The Morgan fingerprint density at radius 3 is 2.47 bits per heavy atom. The highest BCUT2D eigenvalue weighted by Gasteiger charge is 2.35. The van der Waals surface area contributed by atoms with Crippen molar-refractivity contribution in [2.75, 3.05) is 5.73 Å². The van der Waals surface area contributed by atoms with Crippen LogP contribution in [0.1, 0.15) is 5.69 Å². The van der Waals surface area contributed by atoms with Gasteiger partial charge in [0, 0.05) is 5.39 Å². The fourth-order valence-electron chi connectivity index (χ4n) is 1.36. The number of alkyl halides is 3. The molecule has 0 aliphatic carbocycles. The van der Waals surface area contributed by atoms with Gasteiger partial charge in [-0.25, -0.2) is 4.98 Å². The van der Waals surface area contributed by atoms with Gasteiger partial charge >= 0.3 is 6.18 Å². The lowest BCUT2D eigenvalue weighted by molar-refractivity contribution is -0.140. The molecule has 0 aliphatic rings. The molecule has 78 valence electrons. The SMILES string of the molecule is Nc1cc2ccccc2nc1C(F)(F)F. The molecule has 1 aromatic heterocycles. The number of para-hydroxylation sites is 1. The number of hydrogen-bond acceptors (Lipinski definition) is 2. The zero-order valence-corrected chi connectivity index (χ0v) is 7.55. The summed E-state index contributed by atoms with van der Waals surface area (Å²) in [6.45, 7) is 0. The minimum absolute atomic E-state index is 0.291. The number of pyridine rings is 1. The normalized spacial score (nSPS) is 11.9. The summed E-state index contributed by atoms with van der Waals surface area (Å²) in [6.07, 6.45) is -4.51. The van der Waals surface area contributed by atoms with Gasteiger partial charge in [0.2, 0.25) is 0 Å². The van der Waals surface area contributed by atoms with Crippen molar-refractivity contribution in [1.29, 1.82) is 0 Å². The molecule has 5 heteroatoms. The molecule has 0 unspecified atom stereocenters. The van der Waals surface area contributed by atoms with E-state index in [2.05, 4.69) is 4.98 Å². The number of hydrogen-bond donors (Lipinski definition) is 1. The number of anilines is 1. The molecule has 0 radical (unpaired) electrons. The van der Waals surface area contributed by atoms with E-state index in [1.165, 1.54) is 12.1 Å². The van der Waals surface area contributed by atoms with Crippen molar-refractivity contribution in [2.24, 2.45) is 0 Å². The standard InChI is InChI=1S/C10H7F3N2/c11-10(12,13)9-7(14)5-6-3-1-2-4-8(6)15-9/h1-5H,14H2. The van der Waals surface area contributed by atoms with Gasteiger partial charge in [-0.3, -0.25) is 0 Å². The van der Waals surface area contributed by atoms with Crippen molar-refractivity contribution in [2.45, 2.75) is 6.18 Å². The summed E-state index contributed by atoms with van der Waals surface area (Å²) < 4.78 is 37.3. The monoisotopic (exact) mass is 212 g/mol. The molecule has 0 saturated carbocycles. The van der Waals surface area contributed by atoms with Gasteiger partial charge in [0.15, 0.2) is 5.69 Å². The lowest BCUT2D eigenvalue weighted by atomic mass is 10.2. The van der Waals surface area contributed by atoms with Crippen LogP contribution in [0.5, 0.6) is 0 Å². The molecule has 2 N–H and O–H groups in total. The summed E-state index contributed by atoms with van der Waals surface area (Å²) in [5.74, 6) is 0. The number of nitrogens with zero attached hydrogens (tertiary/aromatic N) is 1. The largest absolute Gasteiger partial charge is 0.435 e. The first-order valence-electron chi connectivity index (χ1n) is 4.21. The molecule has 0 spiro atoms. The van der Waals surface area contributed by atoms with Crippen molar-refractivity contribution in [3.05, 3.63) is 36.0 Å². The van der Waals surface area contributed by atoms with E-state index in [0.29, 0.717) is 10.9 Å². The van der Waals surface area contributed by atoms with Gasteiger partial charge in [-0.15, -0.1) is 0 Å². The van der Waals surface area contributed by atoms with Crippen LogP contribution in [0.2, 0.25) is 0 Å². The smallest absolute Gasteiger partial charge is 0.397 e. The summed E-state index contributed by atoms with van der Waals surface area (Å²) in [5, 5.41) is 0.600. The fraction of sp³-hybridized carbons (Fsp3) is 0.100. The van der Waals surface area contributed by atoms with Gasteiger partial charge in [0.05, 0.1) is 11.2 Å². The van der Waals surface area contributed by atoms with Crippen LogP contribution in [0.15, 0.2) is 30.3 Å². The average molecular weight is 212 g/mol. The molecule has 0 saturated heterocycles. The molecular formula is C10H7F3N2. The molecular weight excluding hydrogens is 205 g/mol. The molecule has 0 atom stereocenters. The lowest BCUT2D eigenvalue weighted by Crippen LogP contribution is -2.11. The molecule has 0 fully saturated rings. The topological polar surface area (TPSA) is 38.9 Å². The van der Waals surface area contributed by atoms with E-state index in [4.69, 9.17) is 5.73 Å². The Labute approximate surface area is 83.5 Å². The third-order valence-electron chi connectivity index (χ3n) is 2.02. The highest BCUT2D eigenvalue weighted by Crippen LogP contribution is 2.33. The van der Waals surface area contributed by atoms with Crippen LogP contribution in [-0.4, -0.2) is 4.98 Å². The van der Waals surface area contributed by atoms with Crippen LogP contribution in [0.25, 0.3) is 10.9 Å². The number of benzene rings is 1. The molecule has 0 bridgehead atoms. The van der Waals surface area contributed by atoms with Crippen molar-refractivity contribution < 1.29 is 13.2 Å². The summed E-state index contributed by atoms with van der Waals surface area (Å²) in [5.41, 5.74) is 4.21. The van der Waals surface area contributed by atoms with Crippen LogP contribution < -0.4 is 5.73 Å². The van der Waals surface area contributed by atoms with Gasteiger partial charge in [0.25, 0.3) is 0 Å². The van der Waals surface area contributed by atoms with Gasteiger partial charge in [-0.1, -0.05) is 18.2 Å². The molecule has 1 aromatic carbocycles. The third-order valence-corrected chi connectivity index (χ3v) is 2.02. The maximum Gasteiger partial charge on any atom is 0.435 e. The Kier molecular flexibility index (Phi) is 2.03. The van der Waals surface area contributed by atoms with E-state index in [9.17, 15) is 13.2 Å². The van der Waals surface area contributed by atoms with Gasteiger partial charge < -0.3 is 5.73 Å². The summed E-state index contributed by atoms with van der Waals surface area (Å²) in [7, 11) is 0. The molecule has 2 nitrogen and oxygen atoms in total. The summed E-state index contributed by atoms with van der Waals surface area (Å²) in [4.78, 5) is 3.50. The zero-order valence-electron chi connectivity index (χ0n) is 7.55. The number of halogens is 3. The minimum Gasteiger partial charge on any atom is -0.397 e. The number of nitrogens with two attached hydrogens (primary N) is 1. The Morgan fingerprint density at radius 1 is 1.13 bits per heavy atom. The maximum absolute atomic E-state index is 12.4. The van der Waals surface area contributed by atoms with Gasteiger partial charge in [-0.2, -0.15) is 13.2 Å². The predicted molar refractivity (Wildman–Crippen MR) is 51.2 cm³/mol. The second-order valence-corrected chi connectivity index (χ2v) is 3.12. The fourth-order valence-corrected chi connectivity index (χ4v) is 1.36. The first-order valence-corrected chi connectivity index (χ1v) is 4.21. The number of rotatable bonds is 0. The number of aromatic nitrogens is 1. The summed E-state index contributed by atoms with van der Waals surface area (Å²) in [6, 6.07) is 7.82. The zero-order chi connectivity index (χ0) is 11.1. The number of fused-ring (bicyclic) bond motifs is 1. The van der Waals surface area contributed by atoms with Gasteiger partial charge in [0.1, 0.15) is 0 Å². The lowest BCUT2D eigenvalue weighted by Gasteiger charge is -2.09. The van der Waals surface area contributed by atoms with E-state index in [1.54, 1.807) is 18.2 Å². The van der Waals surface area contributed by atoms with E-state index in [-0.39, 0.29) is 5.69 Å². The molecule has 1 heterocycles. The molecule has 0 aliphatic heterocycles. The van der Waals surface area contributed by atoms with Crippen LogP contribution in [0.4, 0.5) is 18.9 Å². The second-order valence-electron chi connectivity index (χ2n) is 3.12. The Morgan fingerprint density at radius 2 is 1.80 bits per heavy atom. The first-order chi connectivity index (χ1) is 6.98. The molecule has 2 rings (SSSR count). The van der Waals surface area contributed by atoms with Crippen molar-refractivity contribution >= 4 is 16.6 Å². The Hall–Kier alpha value is -1.78. The Balaban J connectivity index is 2.73. The highest BCUT2D eigenvalue weighted by molar-refractivity contribution is 5.82. The van der Waals surface area contributed by atoms with E-state index in [1.807, 2.05) is 0 Å². The maximum atomic E-state index is 12.4. The van der Waals surface area contributed by atoms with Crippen molar-refractivity contribution in [3.8, 4) is 0 Å². The second kappa shape index (κ2) is 3.12. The van der Waals surface area contributed by atoms with Crippen molar-refractivity contribution in [3.63, 3.8) is 0 Å². The van der Waals surface area contributed by atoms with Crippen molar-refractivity contribution in [1.82, 2.24) is 4.98 Å². The molecule has 2 aromatic rings. The van der Waals surface area contributed by atoms with Crippen LogP contribution in [0.3, 0.4) is 0 Å². The minimum atomic E-state index is -4.51. The Bertz CT molecular complexity index is 505. The first kappa shape index (κ1) is 9.76. The van der Waals surface area contributed by atoms with Crippen LogP contribution in [0, 0.1) is 0 Å². The molecule has 0 amide bonds. The van der Waals surface area contributed by atoms with Crippen LogP contribution >= 0.6 is 0 Å². The molecule has 15 heavy (non-hydrogen) atoms. The van der Waals surface area contributed by atoms with E-state index in [0.717, 1.165) is 0 Å². The van der Waals surface area contributed by atoms with E-state index >= 15 is 0 Å². The van der Waals surface area contributed by atoms with E-state index < -0.39 is 11.9 Å². The van der Waals surface area contributed by atoms with Crippen LogP contribution in [-0.2, 0) is 6.18 Å². The number of nitrogen functional groups attached to an aromatic ring is 1. The quantitative estimate of drug-likeness (QED) is 0.729. The summed E-state index contributed by atoms with van der Waals surface area (Å²) >= 11 is 0. The van der Waals surface area contributed by atoms with Gasteiger partial charge in [-0.05, 0) is 12.1 Å².